The highest BCUT2D eigenvalue weighted by atomic mass is 16.6. The molecule has 2 rings (SSSR count). The van der Waals surface area contributed by atoms with Gasteiger partial charge < -0.3 is 9.68 Å². The molecule has 0 radical (unpaired) electrons. The van der Waals surface area contributed by atoms with Crippen molar-refractivity contribution in [2.24, 2.45) is 16.2 Å². The first-order valence-electron chi connectivity index (χ1n) is 4.31. The Balaban J connectivity index is 2.01. The monoisotopic (exact) mass is 168 g/mol. The average molecular weight is 168 g/mol. The predicted octanol–water partition coefficient (Wildman–Crippen LogP) is 1.18. The second kappa shape index (κ2) is 3.56. The molecule has 2 heterocycles. The topological polar surface area (TPSA) is 43.2 Å². The standard InChI is InChI=1S/C8H12N2O2/c1-2-8(10-12-4-1)7-3-5-11-9-6-7/h6-7H,1-5H2. The summed E-state index contributed by atoms with van der Waals surface area (Å²) in [4.78, 5) is 9.88. The zero-order valence-electron chi connectivity index (χ0n) is 6.90. The van der Waals surface area contributed by atoms with Gasteiger partial charge in [0.1, 0.15) is 13.2 Å². The quantitative estimate of drug-likeness (QED) is 0.590. The lowest BCUT2D eigenvalue weighted by Crippen LogP contribution is -2.23. The maximum atomic E-state index is 5.02. The second-order valence-corrected chi connectivity index (χ2v) is 3.00. The molecule has 0 amide bonds. The van der Waals surface area contributed by atoms with Crippen LogP contribution in [0.15, 0.2) is 10.3 Å². The third-order valence-corrected chi connectivity index (χ3v) is 2.11. The normalized spacial score (nSPS) is 28.7. The van der Waals surface area contributed by atoms with Crippen molar-refractivity contribution in [2.75, 3.05) is 13.2 Å². The van der Waals surface area contributed by atoms with E-state index in [9.17, 15) is 0 Å². The molecule has 66 valence electrons. The van der Waals surface area contributed by atoms with Gasteiger partial charge in [0.2, 0.25) is 0 Å². The van der Waals surface area contributed by atoms with Crippen molar-refractivity contribution >= 4 is 11.9 Å². The van der Waals surface area contributed by atoms with Crippen molar-refractivity contribution < 1.29 is 9.68 Å². The van der Waals surface area contributed by atoms with Crippen molar-refractivity contribution in [3.8, 4) is 0 Å². The van der Waals surface area contributed by atoms with Gasteiger partial charge in [-0.3, -0.25) is 0 Å². The molecule has 0 N–H and O–H groups in total. The number of hydrogen-bond acceptors (Lipinski definition) is 4. The lowest BCUT2D eigenvalue weighted by atomic mass is 9.97. The molecule has 1 unspecified atom stereocenters. The van der Waals surface area contributed by atoms with E-state index in [0.717, 1.165) is 31.6 Å². The maximum absolute atomic E-state index is 5.02. The minimum Gasteiger partial charge on any atom is -0.396 e. The lowest BCUT2D eigenvalue weighted by Gasteiger charge is -2.19. The summed E-state index contributed by atoms with van der Waals surface area (Å²) in [6, 6.07) is 0. The molecule has 0 spiro atoms. The second-order valence-electron chi connectivity index (χ2n) is 3.00. The molecule has 4 heteroatoms. The summed E-state index contributed by atoms with van der Waals surface area (Å²) in [5.41, 5.74) is 1.12. The van der Waals surface area contributed by atoms with Crippen molar-refractivity contribution in [3.05, 3.63) is 0 Å². The highest BCUT2D eigenvalue weighted by Crippen LogP contribution is 2.15. The Labute approximate surface area is 71.2 Å². The van der Waals surface area contributed by atoms with Gasteiger partial charge in [0, 0.05) is 5.92 Å². The third-order valence-electron chi connectivity index (χ3n) is 2.11. The van der Waals surface area contributed by atoms with Crippen LogP contribution >= 0.6 is 0 Å². The first kappa shape index (κ1) is 7.58. The van der Waals surface area contributed by atoms with Crippen molar-refractivity contribution in [1.82, 2.24) is 0 Å². The van der Waals surface area contributed by atoms with E-state index in [0.29, 0.717) is 12.5 Å². The van der Waals surface area contributed by atoms with Gasteiger partial charge >= 0.3 is 0 Å². The summed E-state index contributed by atoms with van der Waals surface area (Å²) >= 11 is 0. The summed E-state index contributed by atoms with van der Waals surface area (Å²) < 4.78 is 0. The fourth-order valence-electron chi connectivity index (χ4n) is 1.42. The van der Waals surface area contributed by atoms with Gasteiger partial charge in [0.05, 0.1) is 11.9 Å². The summed E-state index contributed by atoms with van der Waals surface area (Å²) in [7, 11) is 0. The largest absolute Gasteiger partial charge is 0.396 e. The minimum atomic E-state index is 0.346. The van der Waals surface area contributed by atoms with E-state index in [1.165, 1.54) is 0 Å². The fourth-order valence-corrected chi connectivity index (χ4v) is 1.42. The molecule has 12 heavy (non-hydrogen) atoms. The number of nitrogens with zero attached hydrogens (tertiary/aromatic N) is 2. The smallest absolute Gasteiger partial charge is 0.118 e. The highest BCUT2D eigenvalue weighted by Gasteiger charge is 2.19. The molecule has 0 saturated carbocycles. The van der Waals surface area contributed by atoms with Crippen molar-refractivity contribution in [2.45, 2.75) is 19.3 Å². The van der Waals surface area contributed by atoms with E-state index in [1.807, 2.05) is 6.21 Å². The Morgan fingerprint density at radius 2 is 2.33 bits per heavy atom. The maximum Gasteiger partial charge on any atom is 0.118 e. The van der Waals surface area contributed by atoms with Crippen LogP contribution in [0, 0.1) is 5.92 Å². The lowest BCUT2D eigenvalue weighted by molar-refractivity contribution is 0.117. The van der Waals surface area contributed by atoms with Gasteiger partial charge in [-0.05, 0) is 19.3 Å². The van der Waals surface area contributed by atoms with Gasteiger partial charge in [-0.15, -0.1) is 0 Å². The van der Waals surface area contributed by atoms with Crippen LogP contribution in [0.25, 0.3) is 0 Å². The summed E-state index contributed by atoms with van der Waals surface area (Å²) in [5, 5.41) is 7.80. The Kier molecular flexibility index (Phi) is 2.25. The van der Waals surface area contributed by atoms with Crippen LogP contribution in [-0.2, 0) is 9.68 Å². The third kappa shape index (κ3) is 1.57. The Morgan fingerprint density at radius 3 is 3.00 bits per heavy atom. The van der Waals surface area contributed by atoms with E-state index >= 15 is 0 Å². The molecule has 0 bridgehead atoms. The first-order valence-corrected chi connectivity index (χ1v) is 4.31. The molecule has 4 nitrogen and oxygen atoms in total. The van der Waals surface area contributed by atoms with E-state index in [4.69, 9.17) is 9.68 Å². The molecule has 0 aromatic heterocycles. The Morgan fingerprint density at radius 1 is 1.33 bits per heavy atom. The number of rotatable bonds is 1. The summed E-state index contributed by atoms with van der Waals surface area (Å²) in [6.07, 6.45) is 4.91. The minimum absolute atomic E-state index is 0.346. The molecule has 1 atom stereocenters. The van der Waals surface area contributed by atoms with Crippen LogP contribution < -0.4 is 0 Å². The highest BCUT2D eigenvalue weighted by molar-refractivity contribution is 5.98. The van der Waals surface area contributed by atoms with Gasteiger partial charge in [-0.2, -0.15) is 0 Å². The molecule has 2 aliphatic heterocycles. The van der Waals surface area contributed by atoms with Gasteiger partial charge in [0.25, 0.3) is 0 Å². The van der Waals surface area contributed by atoms with Gasteiger partial charge in [0.15, 0.2) is 0 Å². The van der Waals surface area contributed by atoms with Crippen LogP contribution in [-0.4, -0.2) is 25.1 Å². The predicted molar refractivity (Wildman–Crippen MR) is 45.2 cm³/mol. The fraction of sp³-hybridized carbons (Fsp3) is 0.750. The Bertz CT molecular complexity index is 213. The Hall–Kier alpha value is -1.06. The number of hydrogen-bond donors (Lipinski definition) is 0. The molecular formula is C8H12N2O2. The van der Waals surface area contributed by atoms with Crippen LogP contribution in [0.4, 0.5) is 0 Å². The molecular weight excluding hydrogens is 156 g/mol. The van der Waals surface area contributed by atoms with E-state index < -0.39 is 0 Å². The van der Waals surface area contributed by atoms with Gasteiger partial charge in [-0.25, -0.2) is 0 Å². The molecule has 0 aromatic rings. The van der Waals surface area contributed by atoms with Crippen LogP contribution in [0.5, 0.6) is 0 Å². The van der Waals surface area contributed by atoms with Crippen molar-refractivity contribution in [1.29, 1.82) is 0 Å². The molecule has 0 aromatic carbocycles. The average Bonchev–Trinajstić information content (AvgIpc) is 2.21. The summed E-state index contributed by atoms with van der Waals surface area (Å²) in [6.45, 7) is 1.45. The zero-order valence-corrected chi connectivity index (χ0v) is 6.90. The SMILES string of the molecule is C1=NOCCC1C1=NOCCC1. The number of oxime groups is 2. The van der Waals surface area contributed by atoms with E-state index in [1.54, 1.807) is 0 Å². The van der Waals surface area contributed by atoms with Gasteiger partial charge in [-0.1, -0.05) is 10.3 Å². The zero-order chi connectivity index (χ0) is 8.23. The first-order chi connectivity index (χ1) is 5.97. The molecule has 0 fully saturated rings. The van der Waals surface area contributed by atoms with Crippen LogP contribution in [0.3, 0.4) is 0 Å². The van der Waals surface area contributed by atoms with Crippen LogP contribution in [0.1, 0.15) is 19.3 Å². The van der Waals surface area contributed by atoms with E-state index in [2.05, 4.69) is 10.3 Å². The molecule has 2 aliphatic rings. The summed E-state index contributed by atoms with van der Waals surface area (Å²) in [5.74, 6) is 0.346. The van der Waals surface area contributed by atoms with Crippen molar-refractivity contribution in [3.63, 3.8) is 0 Å². The molecule has 0 saturated heterocycles. The van der Waals surface area contributed by atoms with E-state index in [-0.39, 0.29) is 0 Å². The van der Waals surface area contributed by atoms with Crippen LogP contribution in [0.2, 0.25) is 0 Å². The molecule has 0 aliphatic carbocycles.